The maximum absolute atomic E-state index is 11.2. The first-order valence-electron chi connectivity index (χ1n) is 4.32. The highest BCUT2D eigenvalue weighted by Crippen LogP contribution is 2.52. The fourth-order valence-corrected chi connectivity index (χ4v) is 2.68. The van der Waals surface area contributed by atoms with Gasteiger partial charge in [-0.25, -0.2) is 0 Å². The summed E-state index contributed by atoms with van der Waals surface area (Å²) in [7, 11) is 0. The van der Waals surface area contributed by atoms with Crippen molar-refractivity contribution in [1.82, 2.24) is 0 Å². The molecule has 0 aromatic rings. The Morgan fingerprint density at radius 3 is 2.64 bits per heavy atom. The Kier molecular flexibility index (Phi) is 1.26. The van der Waals surface area contributed by atoms with Gasteiger partial charge in [-0.2, -0.15) is 0 Å². The van der Waals surface area contributed by atoms with Gasteiger partial charge in [-0.1, -0.05) is 19.1 Å². The lowest BCUT2D eigenvalue weighted by molar-refractivity contribution is -0.122. The van der Waals surface area contributed by atoms with Gasteiger partial charge in [0, 0.05) is 5.92 Å². The number of carbonyl (C=O) groups excluding carboxylic acids is 1. The largest absolute Gasteiger partial charge is 0.300 e. The van der Waals surface area contributed by atoms with Crippen LogP contribution in [0.5, 0.6) is 0 Å². The Morgan fingerprint density at radius 2 is 2.36 bits per heavy atom. The van der Waals surface area contributed by atoms with Crippen molar-refractivity contribution in [3.05, 3.63) is 12.2 Å². The average molecular weight is 150 g/mol. The summed E-state index contributed by atoms with van der Waals surface area (Å²) in [5.74, 6) is 1.39. The van der Waals surface area contributed by atoms with Crippen LogP contribution in [0, 0.1) is 17.3 Å². The molecule has 2 aliphatic carbocycles. The Morgan fingerprint density at radius 1 is 1.64 bits per heavy atom. The van der Waals surface area contributed by atoms with Crippen LogP contribution in [-0.4, -0.2) is 5.78 Å². The van der Waals surface area contributed by atoms with Crippen molar-refractivity contribution >= 4 is 5.78 Å². The Labute approximate surface area is 67.5 Å². The number of hydrogen-bond donors (Lipinski definition) is 0. The second-order valence-electron chi connectivity index (χ2n) is 4.23. The minimum Gasteiger partial charge on any atom is -0.300 e. The molecule has 60 valence electrons. The normalized spacial score (nSPS) is 46.7. The van der Waals surface area contributed by atoms with Gasteiger partial charge in [0.25, 0.3) is 0 Å². The van der Waals surface area contributed by atoms with Gasteiger partial charge in [-0.3, -0.25) is 4.79 Å². The molecule has 2 bridgehead atoms. The molecule has 2 aliphatic rings. The highest BCUT2D eigenvalue weighted by atomic mass is 16.1. The molecule has 0 aromatic carbocycles. The van der Waals surface area contributed by atoms with E-state index in [1.807, 2.05) is 0 Å². The molecular weight excluding hydrogens is 136 g/mol. The van der Waals surface area contributed by atoms with Crippen LogP contribution < -0.4 is 0 Å². The average Bonchev–Trinajstić information content (AvgIpc) is 2.41. The van der Waals surface area contributed by atoms with Crippen LogP contribution in [0.15, 0.2) is 12.2 Å². The Hall–Kier alpha value is -0.590. The van der Waals surface area contributed by atoms with Crippen molar-refractivity contribution in [2.24, 2.45) is 17.3 Å². The molecule has 1 nitrogen and oxygen atoms in total. The molecule has 11 heavy (non-hydrogen) atoms. The van der Waals surface area contributed by atoms with E-state index in [1.54, 1.807) is 6.92 Å². The van der Waals surface area contributed by atoms with Crippen LogP contribution >= 0.6 is 0 Å². The molecule has 1 heteroatoms. The zero-order chi connectivity index (χ0) is 8.06. The SMILES string of the molecule is CC(=O)[C@@H]1C[C@@H]2C=C[C@@]1(C)C2. The van der Waals surface area contributed by atoms with Gasteiger partial charge >= 0.3 is 0 Å². The molecule has 0 N–H and O–H groups in total. The summed E-state index contributed by atoms with van der Waals surface area (Å²) in [6.45, 7) is 3.94. The second kappa shape index (κ2) is 1.96. The molecule has 1 fully saturated rings. The number of fused-ring (bicyclic) bond motifs is 2. The summed E-state index contributed by atoms with van der Waals surface area (Å²) in [5.41, 5.74) is 0.219. The van der Waals surface area contributed by atoms with Crippen LogP contribution in [0.3, 0.4) is 0 Å². The lowest BCUT2D eigenvalue weighted by Gasteiger charge is -2.25. The van der Waals surface area contributed by atoms with Crippen molar-refractivity contribution in [3.63, 3.8) is 0 Å². The number of allylic oxidation sites excluding steroid dienone is 2. The van der Waals surface area contributed by atoms with Crippen molar-refractivity contribution < 1.29 is 4.79 Å². The summed E-state index contributed by atoms with van der Waals surface area (Å²) < 4.78 is 0. The summed E-state index contributed by atoms with van der Waals surface area (Å²) in [6.07, 6.45) is 6.83. The van der Waals surface area contributed by atoms with E-state index < -0.39 is 0 Å². The van der Waals surface area contributed by atoms with Gasteiger partial charge in [0.2, 0.25) is 0 Å². The fraction of sp³-hybridized carbons (Fsp3) is 0.700. The highest BCUT2D eigenvalue weighted by Gasteiger charge is 2.46. The summed E-state index contributed by atoms with van der Waals surface area (Å²) in [4.78, 5) is 11.2. The number of rotatable bonds is 1. The smallest absolute Gasteiger partial charge is 0.133 e. The molecule has 0 radical (unpaired) electrons. The first kappa shape index (κ1) is 7.08. The fourth-order valence-electron chi connectivity index (χ4n) is 2.68. The minimum absolute atomic E-state index is 0.219. The van der Waals surface area contributed by atoms with E-state index in [2.05, 4.69) is 19.1 Å². The predicted octanol–water partition coefficient (Wildman–Crippen LogP) is 2.18. The maximum Gasteiger partial charge on any atom is 0.133 e. The molecule has 0 saturated heterocycles. The number of hydrogen-bond acceptors (Lipinski definition) is 1. The van der Waals surface area contributed by atoms with Crippen LogP contribution in [0.4, 0.5) is 0 Å². The van der Waals surface area contributed by atoms with Crippen LogP contribution in [-0.2, 0) is 4.79 Å². The van der Waals surface area contributed by atoms with Gasteiger partial charge in [-0.05, 0) is 31.1 Å². The quantitative estimate of drug-likeness (QED) is 0.523. The van der Waals surface area contributed by atoms with E-state index in [-0.39, 0.29) is 5.41 Å². The summed E-state index contributed by atoms with van der Waals surface area (Å²) in [6, 6.07) is 0. The van der Waals surface area contributed by atoms with E-state index in [4.69, 9.17) is 0 Å². The first-order valence-corrected chi connectivity index (χ1v) is 4.32. The molecular formula is C10H14O. The van der Waals surface area contributed by atoms with Gasteiger partial charge in [0.05, 0.1) is 0 Å². The van der Waals surface area contributed by atoms with Gasteiger partial charge in [0.1, 0.15) is 5.78 Å². The zero-order valence-electron chi connectivity index (χ0n) is 7.13. The monoisotopic (exact) mass is 150 g/mol. The number of carbonyl (C=O) groups is 1. The van der Waals surface area contributed by atoms with Crippen molar-refractivity contribution in [2.45, 2.75) is 26.7 Å². The lowest BCUT2D eigenvalue weighted by atomic mass is 9.78. The Bertz CT molecular complexity index is 229. The molecule has 0 amide bonds. The minimum atomic E-state index is 0.219. The van der Waals surface area contributed by atoms with E-state index >= 15 is 0 Å². The molecule has 0 heterocycles. The third-order valence-corrected chi connectivity index (χ3v) is 3.28. The summed E-state index contributed by atoms with van der Waals surface area (Å²) in [5, 5.41) is 0. The third kappa shape index (κ3) is 0.867. The predicted molar refractivity (Wildman–Crippen MR) is 44.1 cm³/mol. The Balaban J connectivity index is 2.29. The van der Waals surface area contributed by atoms with Crippen molar-refractivity contribution in [1.29, 1.82) is 0 Å². The van der Waals surface area contributed by atoms with Gasteiger partial charge < -0.3 is 0 Å². The molecule has 1 saturated carbocycles. The van der Waals surface area contributed by atoms with Gasteiger partial charge in [-0.15, -0.1) is 0 Å². The van der Waals surface area contributed by atoms with Crippen molar-refractivity contribution in [2.75, 3.05) is 0 Å². The topological polar surface area (TPSA) is 17.1 Å². The zero-order valence-corrected chi connectivity index (χ0v) is 7.13. The third-order valence-electron chi connectivity index (χ3n) is 3.28. The molecule has 3 atom stereocenters. The first-order chi connectivity index (χ1) is 5.12. The molecule has 0 unspecified atom stereocenters. The highest BCUT2D eigenvalue weighted by molar-refractivity contribution is 5.80. The molecule has 0 aromatic heterocycles. The van der Waals surface area contributed by atoms with Gasteiger partial charge in [0.15, 0.2) is 0 Å². The van der Waals surface area contributed by atoms with E-state index in [0.29, 0.717) is 17.6 Å². The maximum atomic E-state index is 11.2. The second-order valence-corrected chi connectivity index (χ2v) is 4.23. The summed E-state index contributed by atoms with van der Waals surface area (Å²) >= 11 is 0. The molecule has 2 rings (SSSR count). The lowest BCUT2D eigenvalue weighted by Crippen LogP contribution is -2.24. The van der Waals surface area contributed by atoms with E-state index in [9.17, 15) is 4.79 Å². The van der Waals surface area contributed by atoms with Crippen LogP contribution in [0.25, 0.3) is 0 Å². The van der Waals surface area contributed by atoms with Crippen LogP contribution in [0.2, 0.25) is 0 Å². The van der Waals surface area contributed by atoms with E-state index in [1.165, 1.54) is 6.42 Å². The number of Topliss-reactive ketones (excluding diaryl/α,β-unsaturated/α-hetero) is 1. The van der Waals surface area contributed by atoms with E-state index in [0.717, 1.165) is 6.42 Å². The van der Waals surface area contributed by atoms with Crippen LogP contribution in [0.1, 0.15) is 26.7 Å². The molecule has 0 aliphatic heterocycles. The standard InChI is InChI=1S/C10H14O/c1-7(11)9-5-8-3-4-10(9,2)6-8/h3-4,8-9H,5-6H2,1-2H3/t8-,9-,10-/m0/s1. The number of ketones is 1. The molecule has 0 spiro atoms. The van der Waals surface area contributed by atoms with Crippen molar-refractivity contribution in [3.8, 4) is 0 Å².